The van der Waals surface area contributed by atoms with E-state index in [1.807, 2.05) is 48.1 Å². The third kappa shape index (κ3) is 4.78. The lowest BCUT2D eigenvalue weighted by atomic mass is 10.2. The summed E-state index contributed by atoms with van der Waals surface area (Å²) >= 11 is 0. The molecule has 0 aliphatic heterocycles. The summed E-state index contributed by atoms with van der Waals surface area (Å²) in [7, 11) is 1.74. The van der Waals surface area contributed by atoms with Crippen molar-refractivity contribution in [1.29, 1.82) is 0 Å². The van der Waals surface area contributed by atoms with E-state index in [2.05, 4.69) is 12.0 Å². The molecule has 0 unspecified atom stereocenters. The standard InChI is InChI=1S/C21H25N3O3/c1-4-16-6-8-18(9-7-16)26-15-19-10-11-20(27-19)21(25)23(3)14-17-12-13-24(5-2)22-17/h6-13H,4-5,14-15H2,1-3H3. The van der Waals surface area contributed by atoms with Crippen LogP contribution >= 0.6 is 0 Å². The molecular weight excluding hydrogens is 342 g/mol. The molecular formula is C21H25N3O3. The Morgan fingerprint density at radius 2 is 1.93 bits per heavy atom. The molecule has 0 spiro atoms. The third-order valence-electron chi connectivity index (χ3n) is 4.35. The molecule has 0 aliphatic carbocycles. The summed E-state index contributed by atoms with van der Waals surface area (Å²) in [6.45, 7) is 5.66. The van der Waals surface area contributed by atoms with Crippen LogP contribution in [0, 0.1) is 0 Å². The number of carbonyl (C=O) groups excluding carboxylic acids is 1. The van der Waals surface area contributed by atoms with E-state index >= 15 is 0 Å². The minimum absolute atomic E-state index is 0.181. The first-order valence-electron chi connectivity index (χ1n) is 9.17. The number of ether oxygens (including phenoxy) is 1. The molecule has 0 atom stereocenters. The van der Waals surface area contributed by atoms with Gasteiger partial charge in [0.1, 0.15) is 18.1 Å². The second-order valence-corrected chi connectivity index (χ2v) is 6.38. The molecule has 2 aromatic heterocycles. The summed E-state index contributed by atoms with van der Waals surface area (Å²) in [5, 5.41) is 4.40. The molecule has 0 bridgehead atoms. The first-order valence-corrected chi connectivity index (χ1v) is 9.17. The van der Waals surface area contributed by atoms with E-state index in [1.54, 1.807) is 24.1 Å². The largest absolute Gasteiger partial charge is 0.486 e. The first-order chi connectivity index (χ1) is 13.1. The molecule has 6 heteroatoms. The molecule has 0 N–H and O–H groups in total. The van der Waals surface area contributed by atoms with Gasteiger partial charge in [0.05, 0.1) is 12.2 Å². The summed E-state index contributed by atoms with van der Waals surface area (Å²) in [6.07, 6.45) is 2.90. The molecule has 0 saturated heterocycles. The Hall–Kier alpha value is -3.02. The fraction of sp³-hybridized carbons (Fsp3) is 0.333. The molecule has 3 rings (SSSR count). The maximum absolute atomic E-state index is 12.5. The van der Waals surface area contributed by atoms with Gasteiger partial charge in [-0.15, -0.1) is 0 Å². The summed E-state index contributed by atoms with van der Waals surface area (Å²) in [5.41, 5.74) is 2.11. The molecule has 0 aliphatic rings. The van der Waals surface area contributed by atoms with E-state index in [-0.39, 0.29) is 12.5 Å². The van der Waals surface area contributed by atoms with Gasteiger partial charge in [-0.05, 0) is 49.2 Å². The smallest absolute Gasteiger partial charge is 0.289 e. The van der Waals surface area contributed by atoms with E-state index in [9.17, 15) is 4.79 Å². The quantitative estimate of drug-likeness (QED) is 0.606. The number of aromatic nitrogens is 2. The average Bonchev–Trinajstić information content (AvgIpc) is 3.35. The van der Waals surface area contributed by atoms with Crippen LogP contribution in [0.25, 0.3) is 0 Å². The normalized spacial score (nSPS) is 10.8. The number of benzene rings is 1. The molecule has 1 aromatic carbocycles. The van der Waals surface area contributed by atoms with Crippen LogP contribution < -0.4 is 4.74 Å². The van der Waals surface area contributed by atoms with Gasteiger partial charge in [0.2, 0.25) is 0 Å². The summed E-state index contributed by atoms with van der Waals surface area (Å²) < 4.78 is 13.2. The second kappa shape index (κ2) is 8.58. The summed E-state index contributed by atoms with van der Waals surface area (Å²) in [5.74, 6) is 1.51. The zero-order valence-corrected chi connectivity index (χ0v) is 16.0. The van der Waals surface area contributed by atoms with Crippen LogP contribution in [0.5, 0.6) is 5.75 Å². The number of hydrogen-bond donors (Lipinski definition) is 0. The van der Waals surface area contributed by atoms with Gasteiger partial charge < -0.3 is 14.1 Å². The lowest BCUT2D eigenvalue weighted by molar-refractivity contribution is 0.0747. The fourth-order valence-electron chi connectivity index (χ4n) is 2.71. The Morgan fingerprint density at radius 1 is 1.15 bits per heavy atom. The minimum atomic E-state index is -0.181. The number of hydrogen-bond acceptors (Lipinski definition) is 4. The van der Waals surface area contributed by atoms with Gasteiger partial charge in [-0.3, -0.25) is 9.48 Å². The Labute approximate surface area is 159 Å². The van der Waals surface area contributed by atoms with Crippen LogP contribution in [0.15, 0.2) is 53.1 Å². The van der Waals surface area contributed by atoms with E-state index < -0.39 is 0 Å². The van der Waals surface area contributed by atoms with Crippen molar-refractivity contribution >= 4 is 5.91 Å². The Bertz CT molecular complexity index is 880. The van der Waals surface area contributed by atoms with E-state index in [4.69, 9.17) is 9.15 Å². The molecule has 1 amide bonds. The predicted octanol–water partition coefficient (Wildman–Crippen LogP) is 3.91. The lowest BCUT2D eigenvalue weighted by Crippen LogP contribution is -2.26. The number of carbonyl (C=O) groups is 1. The second-order valence-electron chi connectivity index (χ2n) is 6.38. The SMILES string of the molecule is CCc1ccc(OCc2ccc(C(=O)N(C)Cc3ccn(CC)n3)o2)cc1. The van der Waals surface area contributed by atoms with Crippen molar-refractivity contribution in [3.8, 4) is 5.75 Å². The third-order valence-corrected chi connectivity index (χ3v) is 4.35. The van der Waals surface area contributed by atoms with Crippen molar-refractivity contribution in [3.63, 3.8) is 0 Å². The number of nitrogens with zero attached hydrogens (tertiary/aromatic N) is 3. The van der Waals surface area contributed by atoms with Gasteiger partial charge in [-0.1, -0.05) is 19.1 Å². The van der Waals surface area contributed by atoms with Crippen LogP contribution in [-0.2, 0) is 26.1 Å². The molecule has 6 nitrogen and oxygen atoms in total. The minimum Gasteiger partial charge on any atom is -0.486 e. The Morgan fingerprint density at radius 3 is 2.59 bits per heavy atom. The van der Waals surface area contributed by atoms with Gasteiger partial charge >= 0.3 is 0 Å². The molecule has 142 valence electrons. The monoisotopic (exact) mass is 367 g/mol. The fourth-order valence-corrected chi connectivity index (χ4v) is 2.71. The molecule has 0 radical (unpaired) electrons. The van der Waals surface area contributed by atoms with Crippen LogP contribution in [-0.4, -0.2) is 27.6 Å². The highest BCUT2D eigenvalue weighted by Gasteiger charge is 2.17. The van der Waals surface area contributed by atoms with Crippen molar-refractivity contribution in [2.24, 2.45) is 0 Å². The topological polar surface area (TPSA) is 60.5 Å². The zero-order chi connectivity index (χ0) is 19.2. The van der Waals surface area contributed by atoms with Crippen molar-refractivity contribution in [3.05, 3.63) is 71.4 Å². The lowest BCUT2D eigenvalue weighted by Gasteiger charge is -2.14. The Balaban J connectivity index is 1.56. The molecule has 0 saturated carbocycles. The predicted molar refractivity (Wildman–Crippen MR) is 103 cm³/mol. The van der Waals surface area contributed by atoms with Gasteiger partial charge in [0.15, 0.2) is 5.76 Å². The number of rotatable bonds is 8. The highest BCUT2D eigenvalue weighted by atomic mass is 16.5. The molecule has 27 heavy (non-hydrogen) atoms. The first kappa shape index (κ1) is 18.8. The van der Waals surface area contributed by atoms with Crippen LogP contribution in [0.4, 0.5) is 0 Å². The summed E-state index contributed by atoms with van der Waals surface area (Å²) in [4.78, 5) is 14.1. The maximum Gasteiger partial charge on any atom is 0.289 e. The van der Waals surface area contributed by atoms with Crippen molar-refractivity contribution < 1.29 is 13.9 Å². The zero-order valence-electron chi connectivity index (χ0n) is 16.0. The van der Waals surface area contributed by atoms with E-state index in [0.717, 1.165) is 24.4 Å². The number of aryl methyl sites for hydroxylation is 2. The van der Waals surface area contributed by atoms with Crippen LogP contribution in [0.2, 0.25) is 0 Å². The highest BCUT2D eigenvalue weighted by molar-refractivity contribution is 5.91. The average molecular weight is 367 g/mol. The van der Waals surface area contributed by atoms with Crippen LogP contribution in [0.3, 0.4) is 0 Å². The van der Waals surface area contributed by atoms with Gasteiger partial charge in [0.25, 0.3) is 5.91 Å². The van der Waals surface area contributed by atoms with Crippen LogP contribution in [0.1, 0.15) is 41.4 Å². The summed E-state index contributed by atoms with van der Waals surface area (Å²) in [6, 6.07) is 13.3. The Kier molecular flexibility index (Phi) is 5.96. The van der Waals surface area contributed by atoms with Gasteiger partial charge in [-0.25, -0.2) is 0 Å². The van der Waals surface area contributed by atoms with Crippen molar-refractivity contribution in [1.82, 2.24) is 14.7 Å². The number of amides is 1. The highest BCUT2D eigenvalue weighted by Crippen LogP contribution is 2.17. The molecule has 2 heterocycles. The van der Waals surface area contributed by atoms with E-state index in [1.165, 1.54) is 5.56 Å². The van der Waals surface area contributed by atoms with E-state index in [0.29, 0.717) is 18.1 Å². The number of furan rings is 1. The molecule has 0 fully saturated rings. The van der Waals surface area contributed by atoms with Crippen molar-refractivity contribution in [2.45, 2.75) is 40.0 Å². The van der Waals surface area contributed by atoms with Crippen molar-refractivity contribution in [2.75, 3.05) is 7.05 Å². The maximum atomic E-state index is 12.5. The van der Waals surface area contributed by atoms with Gasteiger partial charge in [-0.2, -0.15) is 5.10 Å². The van der Waals surface area contributed by atoms with Gasteiger partial charge in [0, 0.05) is 19.8 Å². The molecule has 3 aromatic rings.